The van der Waals surface area contributed by atoms with Gasteiger partial charge in [-0.2, -0.15) is 0 Å². The molecule has 0 radical (unpaired) electrons. The van der Waals surface area contributed by atoms with Crippen molar-refractivity contribution in [3.05, 3.63) is 11.8 Å². The van der Waals surface area contributed by atoms with E-state index >= 15 is 0 Å². The summed E-state index contributed by atoms with van der Waals surface area (Å²) in [6, 6.07) is -0.328. The number of aromatic carboxylic acids is 1. The van der Waals surface area contributed by atoms with Crippen molar-refractivity contribution in [2.75, 3.05) is 43.9 Å². The van der Waals surface area contributed by atoms with E-state index in [4.69, 9.17) is 0 Å². The van der Waals surface area contributed by atoms with Crippen molar-refractivity contribution in [1.29, 1.82) is 0 Å². The highest BCUT2D eigenvalue weighted by molar-refractivity contribution is 7.98. The van der Waals surface area contributed by atoms with Gasteiger partial charge in [0, 0.05) is 38.9 Å². The molecule has 130 valence electrons. The summed E-state index contributed by atoms with van der Waals surface area (Å²) >= 11 is 1.36. The van der Waals surface area contributed by atoms with Gasteiger partial charge in [0.15, 0.2) is 5.16 Å². The molecule has 2 saturated heterocycles. The van der Waals surface area contributed by atoms with E-state index in [0.717, 1.165) is 25.9 Å². The Morgan fingerprint density at radius 2 is 2.08 bits per heavy atom. The number of carbonyl (C=O) groups is 2. The summed E-state index contributed by atoms with van der Waals surface area (Å²) < 4.78 is 0. The highest BCUT2D eigenvalue weighted by Gasteiger charge is 2.32. The van der Waals surface area contributed by atoms with Crippen molar-refractivity contribution in [2.24, 2.45) is 0 Å². The first-order chi connectivity index (χ1) is 11.6. The normalized spacial score (nSPS) is 21.1. The van der Waals surface area contributed by atoms with Gasteiger partial charge in [0.2, 0.25) is 5.91 Å². The zero-order valence-corrected chi connectivity index (χ0v) is 14.4. The first-order valence-electron chi connectivity index (χ1n) is 8.01. The molecule has 0 aliphatic carbocycles. The number of hydrogen-bond donors (Lipinski definition) is 2. The van der Waals surface area contributed by atoms with E-state index < -0.39 is 5.97 Å². The van der Waals surface area contributed by atoms with Crippen LogP contribution in [0.4, 0.5) is 5.82 Å². The van der Waals surface area contributed by atoms with Gasteiger partial charge in [-0.15, -0.1) is 0 Å². The predicted octanol–water partition coefficient (Wildman–Crippen LogP) is 0.297. The molecule has 0 unspecified atom stereocenters. The monoisotopic (exact) mass is 351 g/mol. The first-order valence-corrected chi connectivity index (χ1v) is 9.24. The maximum atomic E-state index is 12.6. The Hall–Kier alpha value is -1.87. The largest absolute Gasteiger partial charge is 0.477 e. The van der Waals surface area contributed by atoms with Gasteiger partial charge >= 0.3 is 5.97 Å². The van der Waals surface area contributed by atoms with Crippen LogP contribution < -0.4 is 10.2 Å². The second-order valence-corrected chi connectivity index (χ2v) is 6.66. The van der Waals surface area contributed by atoms with Gasteiger partial charge in [0.05, 0.1) is 0 Å². The van der Waals surface area contributed by atoms with Crippen molar-refractivity contribution >= 4 is 29.5 Å². The van der Waals surface area contributed by atoms with Crippen LogP contribution in [0.5, 0.6) is 0 Å². The van der Waals surface area contributed by atoms with Crippen LogP contribution in [0.3, 0.4) is 0 Å². The molecule has 24 heavy (non-hydrogen) atoms. The molecule has 2 fully saturated rings. The van der Waals surface area contributed by atoms with E-state index in [-0.39, 0.29) is 17.5 Å². The zero-order valence-electron chi connectivity index (χ0n) is 13.6. The Labute approximate surface area is 144 Å². The standard InChI is InChI=1S/C15H21N5O3S/c1-24-15-17-8-10(14(22)23)12(18-15)20-7-4-16-11(9-20)13(21)19-5-2-3-6-19/h8,11,16H,2-7,9H2,1H3,(H,22,23)/t11-/m1/s1. The second-order valence-electron chi connectivity index (χ2n) is 5.88. The molecule has 0 spiro atoms. The molecule has 3 rings (SSSR count). The summed E-state index contributed by atoms with van der Waals surface area (Å²) in [6.45, 7) is 3.25. The van der Waals surface area contributed by atoms with Gasteiger partial charge in [0.1, 0.15) is 17.4 Å². The van der Waals surface area contributed by atoms with Crippen LogP contribution in [0.25, 0.3) is 0 Å². The fourth-order valence-corrected chi connectivity index (χ4v) is 3.45. The third-order valence-electron chi connectivity index (χ3n) is 4.35. The molecule has 8 nitrogen and oxygen atoms in total. The van der Waals surface area contributed by atoms with Crippen LogP contribution in [-0.4, -0.2) is 76.9 Å². The Morgan fingerprint density at radius 3 is 2.75 bits per heavy atom. The lowest BCUT2D eigenvalue weighted by Gasteiger charge is -2.35. The number of thioether (sulfide) groups is 1. The van der Waals surface area contributed by atoms with E-state index in [9.17, 15) is 14.7 Å². The maximum absolute atomic E-state index is 12.6. The number of likely N-dealkylation sites (tertiary alicyclic amines) is 1. The Morgan fingerprint density at radius 1 is 1.33 bits per heavy atom. The minimum atomic E-state index is -1.06. The van der Waals surface area contributed by atoms with Crippen LogP contribution in [0.1, 0.15) is 23.2 Å². The first kappa shape index (κ1) is 17.0. The Kier molecular flexibility index (Phi) is 5.20. The lowest BCUT2D eigenvalue weighted by Crippen LogP contribution is -2.58. The zero-order chi connectivity index (χ0) is 17.1. The second kappa shape index (κ2) is 7.35. The Balaban J connectivity index is 1.81. The van der Waals surface area contributed by atoms with Crippen LogP contribution in [-0.2, 0) is 4.79 Å². The molecule has 1 amide bonds. The number of nitrogens with zero attached hydrogens (tertiary/aromatic N) is 4. The number of hydrogen-bond acceptors (Lipinski definition) is 7. The van der Waals surface area contributed by atoms with Crippen molar-refractivity contribution < 1.29 is 14.7 Å². The van der Waals surface area contributed by atoms with Gasteiger partial charge in [-0.3, -0.25) is 4.79 Å². The lowest BCUT2D eigenvalue weighted by atomic mass is 10.1. The van der Waals surface area contributed by atoms with Crippen LogP contribution in [0.2, 0.25) is 0 Å². The molecule has 3 heterocycles. The topological polar surface area (TPSA) is 98.7 Å². The third kappa shape index (κ3) is 3.46. The number of anilines is 1. The van der Waals surface area contributed by atoms with Gasteiger partial charge in [-0.1, -0.05) is 11.8 Å². The molecule has 9 heteroatoms. The third-order valence-corrected chi connectivity index (χ3v) is 4.91. The number of amides is 1. The number of rotatable bonds is 4. The van der Waals surface area contributed by atoms with E-state index in [0.29, 0.717) is 30.6 Å². The van der Waals surface area contributed by atoms with Crippen LogP contribution in [0, 0.1) is 0 Å². The molecule has 0 aromatic carbocycles. The molecular weight excluding hydrogens is 330 g/mol. The lowest BCUT2D eigenvalue weighted by molar-refractivity contribution is -0.132. The SMILES string of the molecule is CSc1ncc(C(=O)O)c(N2CCN[C@@H](C(=O)N3CCCC3)C2)n1. The fraction of sp³-hybridized carbons (Fsp3) is 0.600. The number of carboxylic acid groups (broad SMARTS) is 1. The van der Waals surface area contributed by atoms with Gasteiger partial charge < -0.3 is 20.2 Å². The van der Waals surface area contributed by atoms with E-state index in [2.05, 4.69) is 15.3 Å². The summed E-state index contributed by atoms with van der Waals surface area (Å²) in [5.41, 5.74) is 0.0714. The minimum absolute atomic E-state index is 0.0714. The molecule has 0 bridgehead atoms. The number of nitrogens with one attached hydrogen (secondary N) is 1. The van der Waals surface area contributed by atoms with Crippen molar-refractivity contribution in [1.82, 2.24) is 20.2 Å². The van der Waals surface area contributed by atoms with Crippen LogP contribution in [0.15, 0.2) is 11.4 Å². The average Bonchev–Trinajstić information content (AvgIpc) is 3.15. The van der Waals surface area contributed by atoms with Crippen LogP contribution >= 0.6 is 11.8 Å². The molecule has 1 aromatic rings. The summed E-state index contributed by atoms with van der Waals surface area (Å²) in [5, 5.41) is 13.2. The number of carbonyl (C=O) groups excluding carboxylic acids is 1. The number of carboxylic acids is 1. The summed E-state index contributed by atoms with van der Waals surface area (Å²) in [7, 11) is 0. The summed E-state index contributed by atoms with van der Waals surface area (Å²) in [6.07, 6.45) is 5.29. The van der Waals surface area contributed by atoms with E-state index in [1.54, 1.807) is 0 Å². The summed E-state index contributed by atoms with van der Waals surface area (Å²) in [5.74, 6) is -0.575. The fourth-order valence-electron chi connectivity index (χ4n) is 3.11. The Bertz CT molecular complexity index is 636. The van der Waals surface area contributed by atoms with Gasteiger partial charge in [-0.25, -0.2) is 14.8 Å². The smallest absolute Gasteiger partial charge is 0.341 e. The molecule has 1 aromatic heterocycles. The molecule has 2 aliphatic rings. The highest BCUT2D eigenvalue weighted by atomic mass is 32.2. The molecular formula is C15H21N5O3S. The summed E-state index contributed by atoms with van der Waals surface area (Å²) in [4.78, 5) is 36.3. The van der Waals surface area contributed by atoms with Crippen molar-refractivity contribution in [2.45, 2.75) is 24.0 Å². The molecule has 2 N–H and O–H groups in total. The number of aromatic nitrogens is 2. The van der Waals surface area contributed by atoms with E-state index in [1.807, 2.05) is 16.1 Å². The predicted molar refractivity (Wildman–Crippen MR) is 90.6 cm³/mol. The maximum Gasteiger partial charge on any atom is 0.341 e. The average molecular weight is 351 g/mol. The van der Waals surface area contributed by atoms with Crippen molar-refractivity contribution in [3.63, 3.8) is 0 Å². The molecule has 2 aliphatic heterocycles. The molecule has 1 atom stereocenters. The quantitative estimate of drug-likeness (QED) is 0.590. The van der Waals surface area contributed by atoms with E-state index in [1.165, 1.54) is 18.0 Å². The number of piperazine rings is 1. The molecule has 0 saturated carbocycles. The van der Waals surface area contributed by atoms with Gasteiger partial charge in [-0.05, 0) is 19.1 Å². The van der Waals surface area contributed by atoms with Gasteiger partial charge in [0.25, 0.3) is 0 Å². The van der Waals surface area contributed by atoms with Crippen molar-refractivity contribution in [3.8, 4) is 0 Å². The highest BCUT2D eigenvalue weighted by Crippen LogP contribution is 2.22. The minimum Gasteiger partial charge on any atom is -0.477 e.